The van der Waals surface area contributed by atoms with E-state index in [1.165, 1.54) is 0 Å². The minimum atomic E-state index is -0.839. The van der Waals surface area contributed by atoms with Gasteiger partial charge in [0, 0.05) is 18.2 Å². The summed E-state index contributed by atoms with van der Waals surface area (Å²) in [4.78, 5) is 22.7. The summed E-state index contributed by atoms with van der Waals surface area (Å²) < 4.78 is 0. The fourth-order valence-corrected chi connectivity index (χ4v) is 2.79. The lowest BCUT2D eigenvalue weighted by Crippen LogP contribution is -2.39. The molecule has 0 bridgehead atoms. The maximum absolute atomic E-state index is 12.1. The number of carboxylic acid groups (broad SMARTS) is 1. The van der Waals surface area contributed by atoms with Gasteiger partial charge in [-0.05, 0) is 36.8 Å². The van der Waals surface area contributed by atoms with Gasteiger partial charge in [0.2, 0.25) is 0 Å². The molecule has 0 aliphatic heterocycles. The van der Waals surface area contributed by atoms with E-state index < -0.39 is 5.97 Å². The number of nitrogens with one attached hydrogen (secondary N) is 2. The summed E-state index contributed by atoms with van der Waals surface area (Å²) in [6.45, 7) is 2.15. The van der Waals surface area contributed by atoms with E-state index in [9.17, 15) is 9.59 Å². The van der Waals surface area contributed by atoms with Crippen LogP contribution in [0.2, 0.25) is 0 Å². The Bertz CT molecular complexity index is 516. The number of carbonyl (C=O) groups excluding carboxylic acids is 1. The Morgan fingerprint density at radius 3 is 2.71 bits per heavy atom. The molecule has 1 fully saturated rings. The van der Waals surface area contributed by atoms with Crippen LogP contribution in [0.1, 0.15) is 38.2 Å². The molecule has 1 aromatic rings. The van der Waals surface area contributed by atoms with Gasteiger partial charge in [0.25, 0.3) is 0 Å². The van der Waals surface area contributed by atoms with Gasteiger partial charge in [0.1, 0.15) is 0 Å². The molecule has 2 rings (SSSR count). The van der Waals surface area contributed by atoms with Crippen LogP contribution < -0.4 is 10.6 Å². The van der Waals surface area contributed by atoms with E-state index in [1.54, 1.807) is 6.07 Å². The van der Waals surface area contributed by atoms with Crippen molar-refractivity contribution in [1.82, 2.24) is 5.32 Å². The van der Waals surface area contributed by atoms with E-state index in [-0.39, 0.29) is 18.5 Å². The summed E-state index contributed by atoms with van der Waals surface area (Å²) >= 11 is 0. The van der Waals surface area contributed by atoms with Gasteiger partial charge in [-0.15, -0.1) is 0 Å². The first-order valence-electron chi connectivity index (χ1n) is 7.43. The summed E-state index contributed by atoms with van der Waals surface area (Å²) in [6.07, 6.45) is 3.79. The molecule has 2 unspecified atom stereocenters. The highest BCUT2D eigenvalue weighted by atomic mass is 16.4. The summed E-state index contributed by atoms with van der Waals surface area (Å²) in [6, 6.07) is 7.34. The molecule has 0 spiro atoms. The van der Waals surface area contributed by atoms with Crippen LogP contribution in [0.5, 0.6) is 0 Å². The molecule has 21 heavy (non-hydrogen) atoms. The Morgan fingerprint density at radius 2 is 2.05 bits per heavy atom. The fraction of sp³-hybridized carbons (Fsp3) is 0.500. The third-order valence-electron chi connectivity index (χ3n) is 4.05. The summed E-state index contributed by atoms with van der Waals surface area (Å²) in [7, 11) is 0. The molecule has 5 heteroatoms. The molecule has 1 aromatic carbocycles. The molecule has 0 radical (unpaired) electrons. The molecule has 0 saturated heterocycles. The molecule has 2 amide bonds. The molecule has 1 aliphatic rings. The molecule has 5 nitrogen and oxygen atoms in total. The number of para-hydroxylation sites is 1. The average molecular weight is 290 g/mol. The number of anilines is 1. The second-order valence-electron chi connectivity index (χ2n) is 5.66. The molecule has 1 saturated carbocycles. The monoisotopic (exact) mass is 290 g/mol. The lowest BCUT2D eigenvalue weighted by Gasteiger charge is -2.18. The first-order chi connectivity index (χ1) is 10.1. The number of hydrogen-bond acceptors (Lipinski definition) is 2. The van der Waals surface area contributed by atoms with Gasteiger partial charge in [-0.3, -0.25) is 4.79 Å². The van der Waals surface area contributed by atoms with Crippen molar-refractivity contribution in [3.05, 3.63) is 29.8 Å². The third kappa shape index (κ3) is 4.48. The van der Waals surface area contributed by atoms with Crippen LogP contribution in [0.3, 0.4) is 0 Å². The molecule has 0 heterocycles. The molecule has 0 aromatic heterocycles. The van der Waals surface area contributed by atoms with E-state index >= 15 is 0 Å². The van der Waals surface area contributed by atoms with Gasteiger partial charge in [0.05, 0.1) is 0 Å². The minimum absolute atomic E-state index is 0.0555. The number of urea groups is 1. The number of aliphatic carboxylic acids is 1. The summed E-state index contributed by atoms with van der Waals surface area (Å²) in [5, 5.41) is 14.6. The highest BCUT2D eigenvalue weighted by Gasteiger charge is 2.24. The number of hydrogen-bond donors (Lipinski definition) is 3. The van der Waals surface area contributed by atoms with Crippen LogP contribution in [0.25, 0.3) is 0 Å². The highest BCUT2D eigenvalue weighted by molar-refractivity contribution is 5.90. The number of carbonyl (C=O) groups is 2. The molecule has 114 valence electrons. The highest BCUT2D eigenvalue weighted by Crippen LogP contribution is 2.25. The second kappa shape index (κ2) is 7.11. The Labute approximate surface area is 124 Å². The van der Waals surface area contributed by atoms with Crippen LogP contribution in [-0.2, 0) is 11.2 Å². The van der Waals surface area contributed by atoms with Crippen molar-refractivity contribution >= 4 is 17.7 Å². The van der Waals surface area contributed by atoms with Crippen molar-refractivity contribution in [2.75, 3.05) is 5.32 Å². The second-order valence-corrected chi connectivity index (χ2v) is 5.66. The summed E-state index contributed by atoms with van der Waals surface area (Å²) in [5.41, 5.74) is 1.52. The molecular weight excluding hydrogens is 268 g/mol. The lowest BCUT2D eigenvalue weighted by molar-refractivity contribution is -0.136. The van der Waals surface area contributed by atoms with Gasteiger partial charge in [-0.2, -0.15) is 0 Å². The zero-order chi connectivity index (χ0) is 15.2. The van der Waals surface area contributed by atoms with Gasteiger partial charge in [0.15, 0.2) is 0 Å². The zero-order valence-electron chi connectivity index (χ0n) is 12.3. The third-order valence-corrected chi connectivity index (χ3v) is 4.05. The minimum Gasteiger partial charge on any atom is -0.481 e. The van der Waals surface area contributed by atoms with Gasteiger partial charge in [-0.25, -0.2) is 4.79 Å². The SMILES string of the molecule is CC1CCCC1NC(=O)Nc1ccccc1CCC(=O)O. The Morgan fingerprint density at radius 1 is 1.29 bits per heavy atom. The van der Waals surface area contributed by atoms with Crippen molar-refractivity contribution < 1.29 is 14.7 Å². The van der Waals surface area contributed by atoms with Crippen molar-refractivity contribution in [3.63, 3.8) is 0 Å². The molecule has 3 N–H and O–H groups in total. The van der Waals surface area contributed by atoms with Crippen molar-refractivity contribution in [1.29, 1.82) is 0 Å². The molecule has 1 aliphatic carbocycles. The van der Waals surface area contributed by atoms with Crippen molar-refractivity contribution in [3.8, 4) is 0 Å². The van der Waals surface area contributed by atoms with E-state index in [0.29, 0.717) is 18.0 Å². The van der Waals surface area contributed by atoms with Crippen LogP contribution >= 0.6 is 0 Å². The Balaban J connectivity index is 1.95. The van der Waals surface area contributed by atoms with Gasteiger partial charge < -0.3 is 15.7 Å². The topological polar surface area (TPSA) is 78.4 Å². The number of carboxylic acids is 1. The fourth-order valence-electron chi connectivity index (χ4n) is 2.79. The standard InChI is InChI=1S/C16H22N2O3/c1-11-5-4-8-13(11)17-16(21)18-14-7-3-2-6-12(14)9-10-15(19)20/h2-3,6-7,11,13H,4-5,8-10H2,1H3,(H,19,20)(H2,17,18,21). The number of rotatable bonds is 5. The average Bonchev–Trinajstić information content (AvgIpc) is 2.83. The maximum atomic E-state index is 12.1. The lowest BCUT2D eigenvalue weighted by atomic mass is 10.1. The predicted octanol–water partition coefficient (Wildman–Crippen LogP) is 3.01. The number of aryl methyl sites for hydroxylation is 1. The number of benzene rings is 1. The Kier molecular flexibility index (Phi) is 5.20. The normalized spacial score (nSPS) is 21.0. The van der Waals surface area contributed by atoms with Crippen LogP contribution in [0, 0.1) is 5.92 Å². The van der Waals surface area contributed by atoms with Gasteiger partial charge in [-0.1, -0.05) is 31.5 Å². The Hall–Kier alpha value is -2.04. The van der Waals surface area contributed by atoms with E-state index in [2.05, 4.69) is 17.6 Å². The molecular formula is C16H22N2O3. The van der Waals surface area contributed by atoms with E-state index in [0.717, 1.165) is 24.8 Å². The van der Waals surface area contributed by atoms with Crippen LogP contribution in [0.4, 0.5) is 10.5 Å². The quantitative estimate of drug-likeness (QED) is 0.780. The summed E-state index contributed by atoms with van der Waals surface area (Å²) in [5.74, 6) is -0.327. The zero-order valence-corrected chi connectivity index (χ0v) is 12.3. The maximum Gasteiger partial charge on any atom is 0.319 e. The largest absolute Gasteiger partial charge is 0.481 e. The van der Waals surface area contributed by atoms with Crippen molar-refractivity contribution in [2.24, 2.45) is 5.92 Å². The van der Waals surface area contributed by atoms with Crippen LogP contribution in [-0.4, -0.2) is 23.1 Å². The van der Waals surface area contributed by atoms with E-state index in [4.69, 9.17) is 5.11 Å². The molecule has 2 atom stereocenters. The van der Waals surface area contributed by atoms with E-state index in [1.807, 2.05) is 18.2 Å². The van der Waals surface area contributed by atoms with Gasteiger partial charge >= 0.3 is 12.0 Å². The number of amides is 2. The van der Waals surface area contributed by atoms with Crippen molar-refractivity contribution in [2.45, 2.75) is 45.1 Å². The smallest absolute Gasteiger partial charge is 0.319 e. The first kappa shape index (κ1) is 15.4. The first-order valence-corrected chi connectivity index (χ1v) is 7.43. The van der Waals surface area contributed by atoms with Crippen LogP contribution in [0.15, 0.2) is 24.3 Å². The predicted molar refractivity (Wildman–Crippen MR) is 81.4 cm³/mol.